The number of hydrogen-bond acceptors (Lipinski definition) is 6. The quantitative estimate of drug-likeness (QED) is 0.830. The summed E-state index contributed by atoms with van der Waals surface area (Å²) in [5, 5.41) is 13.5. The number of hydrogen-bond donors (Lipinski definition) is 1. The predicted molar refractivity (Wildman–Crippen MR) is 61.3 cm³/mol. The van der Waals surface area contributed by atoms with Crippen molar-refractivity contribution in [2.75, 3.05) is 7.11 Å². The number of nitrogens with zero attached hydrogens (tertiary/aromatic N) is 4. The first kappa shape index (κ1) is 11.4. The molecule has 0 aliphatic heterocycles. The van der Waals surface area contributed by atoms with Gasteiger partial charge in [-0.3, -0.25) is 0 Å². The van der Waals surface area contributed by atoms with Crippen molar-refractivity contribution >= 4 is 16.3 Å². The summed E-state index contributed by atoms with van der Waals surface area (Å²) in [5.74, 6) is 0.727. The van der Waals surface area contributed by atoms with E-state index in [1.54, 1.807) is 11.6 Å². The van der Waals surface area contributed by atoms with E-state index in [-0.39, 0.29) is 6.04 Å². The van der Waals surface area contributed by atoms with Crippen molar-refractivity contribution < 1.29 is 4.74 Å². The van der Waals surface area contributed by atoms with Crippen molar-refractivity contribution in [2.45, 2.75) is 32.4 Å². The lowest BCUT2D eigenvalue weighted by atomic mass is 10.2. The summed E-state index contributed by atoms with van der Waals surface area (Å²) in [7, 11) is 1.63. The average molecular weight is 241 g/mol. The third-order valence-electron chi connectivity index (χ3n) is 2.33. The normalized spacial score (nSPS) is 13.4. The van der Waals surface area contributed by atoms with Gasteiger partial charge in [0.15, 0.2) is 5.82 Å². The Morgan fingerprint density at radius 2 is 2.31 bits per heavy atom. The maximum absolute atomic E-state index is 5.89. The van der Waals surface area contributed by atoms with E-state index in [4.69, 9.17) is 10.5 Å². The summed E-state index contributed by atoms with van der Waals surface area (Å²) in [5.41, 5.74) is 5.89. The molecule has 7 heteroatoms. The summed E-state index contributed by atoms with van der Waals surface area (Å²) in [6, 6.07) is 0.162. The van der Waals surface area contributed by atoms with E-state index >= 15 is 0 Å². The minimum absolute atomic E-state index is 0.162. The van der Waals surface area contributed by atoms with Crippen molar-refractivity contribution in [1.29, 1.82) is 0 Å². The average Bonchev–Trinajstić information content (AvgIpc) is 2.80. The van der Waals surface area contributed by atoms with E-state index in [2.05, 4.69) is 22.2 Å². The second-order valence-corrected chi connectivity index (χ2v) is 4.65. The molecule has 2 aromatic heterocycles. The lowest BCUT2D eigenvalue weighted by Crippen LogP contribution is -2.21. The monoisotopic (exact) mass is 241 g/mol. The third-order valence-corrected chi connectivity index (χ3v) is 3.25. The van der Waals surface area contributed by atoms with Gasteiger partial charge in [0.2, 0.25) is 4.96 Å². The molecule has 0 aliphatic rings. The molecule has 0 saturated heterocycles. The highest BCUT2D eigenvalue weighted by Crippen LogP contribution is 2.15. The van der Waals surface area contributed by atoms with Crippen LogP contribution in [0.3, 0.4) is 0 Å². The molecule has 6 nitrogen and oxygen atoms in total. The largest absolute Gasteiger partial charge is 0.377 e. The number of methoxy groups -OCH3 is 1. The van der Waals surface area contributed by atoms with Crippen LogP contribution < -0.4 is 5.73 Å². The summed E-state index contributed by atoms with van der Waals surface area (Å²) in [6.45, 7) is 2.49. The SMILES string of the molecule is CCC(N)Cc1nn2c(COC)nnc2s1. The summed E-state index contributed by atoms with van der Waals surface area (Å²) in [4.78, 5) is 0.797. The summed E-state index contributed by atoms with van der Waals surface area (Å²) < 4.78 is 6.75. The van der Waals surface area contributed by atoms with Crippen LogP contribution in [0, 0.1) is 0 Å². The van der Waals surface area contributed by atoms with E-state index in [9.17, 15) is 0 Å². The molecule has 2 rings (SSSR count). The first-order valence-electron chi connectivity index (χ1n) is 5.19. The lowest BCUT2D eigenvalue weighted by molar-refractivity contribution is 0.176. The van der Waals surface area contributed by atoms with Gasteiger partial charge < -0.3 is 10.5 Å². The van der Waals surface area contributed by atoms with Crippen LogP contribution in [0.5, 0.6) is 0 Å². The Balaban J connectivity index is 2.23. The molecule has 88 valence electrons. The first-order valence-corrected chi connectivity index (χ1v) is 6.00. The molecule has 0 aromatic carbocycles. The molecular formula is C9H15N5OS. The highest BCUT2D eigenvalue weighted by Gasteiger charge is 2.12. The van der Waals surface area contributed by atoms with Gasteiger partial charge >= 0.3 is 0 Å². The first-order chi connectivity index (χ1) is 7.74. The Kier molecular flexibility index (Phi) is 3.47. The van der Waals surface area contributed by atoms with Crippen molar-refractivity contribution in [3.05, 3.63) is 10.8 Å². The zero-order valence-corrected chi connectivity index (χ0v) is 10.2. The Hall–Kier alpha value is -1.05. The maximum Gasteiger partial charge on any atom is 0.234 e. The highest BCUT2D eigenvalue weighted by molar-refractivity contribution is 7.16. The van der Waals surface area contributed by atoms with Crippen LogP contribution in [-0.2, 0) is 17.8 Å². The van der Waals surface area contributed by atoms with Crippen LogP contribution in [0.15, 0.2) is 0 Å². The Morgan fingerprint density at radius 3 is 3.00 bits per heavy atom. The maximum atomic E-state index is 5.89. The van der Waals surface area contributed by atoms with Crippen LogP contribution in [0.4, 0.5) is 0 Å². The smallest absolute Gasteiger partial charge is 0.234 e. The second kappa shape index (κ2) is 4.86. The van der Waals surface area contributed by atoms with Gasteiger partial charge in [0.1, 0.15) is 11.6 Å². The zero-order chi connectivity index (χ0) is 11.5. The van der Waals surface area contributed by atoms with Crippen LogP contribution in [0.25, 0.3) is 4.96 Å². The number of nitrogens with two attached hydrogens (primary N) is 1. The van der Waals surface area contributed by atoms with E-state index in [1.807, 2.05) is 0 Å². The van der Waals surface area contributed by atoms with Crippen molar-refractivity contribution in [1.82, 2.24) is 19.8 Å². The molecule has 1 atom stereocenters. The fraction of sp³-hybridized carbons (Fsp3) is 0.667. The van der Waals surface area contributed by atoms with Crippen molar-refractivity contribution in [2.24, 2.45) is 5.73 Å². The number of rotatable bonds is 5. The number of aromatic nitrogens is 4. The summed E-state index contributed by atoms with van der Waals surface area (Å²) in [6.07, 6.45) is 1.74. The van der Waals surface area contributed by atoms with Crippen LogP contribution >= 0.6 is 11.3 Å². The molecular weight excluding hydrogens is 226 g/mol. The van der Waals surface area contributed by atoms with Gasteiger partial charge in [-0.2, -0.15) is 9.61 Å². The topological polar surface area (TPSA) is 78.3 Å². The molecule has 16 heavy (non-hydrogen) atoms. The Morgan fingerprint density at radius 1 is 1.50 bits per heavy atom. The van der Waals surface area contributed by atoms with E-state index in [0.717, 1.165) is 28.6 Å². The van der Waals surface area contributed by atoms with Gasteiger partial charge in [-0.1, -0.05) is 18.3 Å². The molecule has 2 heterocycles. The van der Waals surface area contributed by atoms with Crippen molar-refractivity contribution in [3.63, 3.8) is 0 Å². The van der Waals surface area contributed by atoms with E-state index in [1.165, 1.54) is 11.3 Å². The van der Waals surface area contributed by atoms with Crippen LogP contribution in [0.2, 0.25) is 0 Å². The molecule has 0 amide bonds. The van der Waals surface area contributed by atoms with Gasteiger partial charge in [0.05, 0.1) is 0 Å². The lowest BCUT2D eigenvalue weighted by Gasteiger charge is -2.03. The van der Waals surface area contributed by atoms with Gasteiger partial charge in [-0.05, 0) is 6.42 Å². The third kappa shape index (κ3) is 2.21. The van der Waals surface area contributed by atoms with Gasteiger partial charge in [-0.15, -0.1) is 10.2 Å². The fourth-order valence-corrected chi connectivity index (χ4v) is 2.31. The Labute approximate surface area is 97.4 Å². The highest BCUT2D eigenvalue weighted by atomic mass is 32.1. The van der Waals surface area contributed by atoms with Gasteiger partial charge in [0.25, 0.3) is 0 Å². The fourth-order valence-electron chi connectivity index (χ4n) is 1.37. The molecule has 0 radical (unpaired) electrons. The van der Waals surface area contributed by atoms with E-state index in [0.29, 0.717) is 6.61 Å². The number of ether oxygens (including phenoxy) is 1. The minimum atomic E-state index is 0.162. The molecule has 2 aromatic rings. The van der Waals surface area contributed by atoms with Crippen LogP contribution in [0.1, 0.15) is 24.2 Å². The Bertz CT molecular complexity index is 465. The van der Waals surface area contributed by atoms with Crippen LogP contribution in [-0.4, -0.2) is 33.0 Å². The molecule has 2 N–H and O–H groups in total. The second-order valence-electron chi connectivity index (χ2n) is 3.61. The van der Waals surface area contributed by atoms with Gasteiger partial charge in [0, 0.05) is 19.6 Å². The molecule has 0 spiro atoms. The molecule has 0 bridgehead atoms. The van der Waals surface area contributed by atoms with Gasteiger partial charge in [-0.25, -0.2) is 0 Å². The number of fused-ring (bicyclic) bond motifs is 1. The molecule has 0 aliphatic carbocycles. The predicted octanol–water partition coefficient (Wildman–Crippen LogP) is 0.612. The summed E-state index contributed by atoms with van der Waals surface area (Å²) >= 11 is 1.53. The standard InChI is InChI=1S/C9H15N5OS/c1-3-6(10)4-8-13-14-7(5-15-2)11-12-9(14)16-8/h6H,3-5,10H2,1-2H3. The molecule has 1 unspecified atom stereocenters. The molecule has 0 fully saturated rings. The zero-order valence-electron chi connectivity index (χ0n) is 9.38. The van der Waals surface area contributed by atoms with E-state index < -0.39 is 0 Å². The minimum Gasteiger partial charge on any atom is -0.377 e. The van der Waals surface area contributed by atoms with Crippen molar-refractivity contribution in [3.8, 4) is 0 Å². The molecule has 0 saturated carbocycles.